The number of hydrogen-bond acceptors (Lipinski definition) is 6. The van der Waals surface area contributed by atoms with E-state index in [1.165, 1.54) is 0 Å². The van der Waals surface area contributed by atoms with Crippen molar-refractivity contribution in [2.24, 2.45) is 0 Å². The van der Waals surface area contributed by atoms with Gasteiger partial charge in [-0.3, -0.25) is 0 Å². The molecule has 247 valence electrons. The molecule has 0 atom stereocenters. The number of hydrogen-bond donors (Lipinski definition) is 0. The van der Waals surface area contributed by atoms with Crippen LogP contribution in [-0.4, -0.2) is 0 Å². The predicted octanol–water partition coefficient (Wildman–Crippen LogP) is 10.8. The Morgan fingerprint density at radius 1 is 0.204 bits per heavy atom. The van der Waals surface area contributed by atoms with E-state index in [2.05, 4.69) is 0 Å². The largest absolute Gasteiger partial charge is 0.781 e. The van der Waals surface area contributed by atoms with Gasteiger partial charge in [-0.25, -0.2) is 0 Å². The smallest absolute Gasteiger partial charge is 0 e. The molecule has 0 saturated carbocycles. The third kappa shape index (κ3) is 12.4. The summed E-state index contributed by atoms with van der Waals surface area (Å²) in [6, 6.07) is 59.2. The molecule has 6 aromatic rings. The molecule has 0 N–H and O–H groups in total. The van der Waals surface area contributed by atoms with Gasteiger partial charge in [-0.1, -0.05) is 182 Å². The number of rotatable bonds is 6. The summed E-state index contributed by atoms with van der Waals surface area (Å²) in [5, 5.41) is 0. The zero-order valence-corrected chi connectivity index (χ0v) is 33.8. The van der Waals surface area contributed by atoms with Gasteiger partial charge in [-0.2, -0.15) is 29.4 Å². The maximum Gasteiger partial charge on any atom is 0 e. The fourth-order valence-electron chi connectivity index (χ4n) is 4.32. The maximum atomic E-state index is 5.38. The van der Waals surface area contributed by atoms with Gasteiger partial charge >= 0.3 is 0 Å². The van der Waals surface area contributed by atoms with E-state index in [1.807, 2.05) is 182 Å². The predicted molar refractivity (Wildman–Crippen MR) is 223 cm³/mol. The van der Waals surface area contributed by atoms with Gasteiger partial charge in [0, 0.05) is 20.4 Å². The minimum atomic E-state index is 0. The minimum absolute atomic E-state index is 0. The van der Waals surface area contributed by atoms with Gasteiger partial charge in [0.15, 0.2) is 0 Å². The van der Waals surface area contributed by atoms with Crippen LogP contribution in [0.15, 0.2) is 182 Å². The monoisotopic (exact) mass is 913 g/mol. The Balaban J connectivity index is 0.000000197. The standard InChI is InChI=1S/3C14H12S2.Re/c3*15-13(11-7-3-1-4-8-11)14(16)12-9-5-2-6-10-12;/h3*1-10,15-16H;/p-6/b3*14-13-;. The average molecular weight is 913 g/mol. The zero-order valence-electron chi connectivity index (χ0n) is 26.1. The van der Waals surface area contributed by atoms with Crippen molar-refractivity contribution < 1.29 is 20.4 Å². The van der Waals surface area contributed by atoms with Gasteiger partial charge in [0.05, 0.1) is 0 Å². The fraction of sp³-hybridized carbons (Fsp3) is 0. The molecular formula is C42H30ReS6-6. The topological polar surface area (TPSA) is 0 Å². The first kappa shape index (κ1) is 40.0. The Kier molecular flexibility index (Phi) is 17.6. The quantitative estimate of drug-likeness (QED) is 0.120. The summed E-state index contributed by atoms with van der Waals surface area (Å²) in [7, 11) is 0. The molecule has 0 bridgehead atoms. The van der Waals surface area contributed by atoms with Crippen LogP contribution in [0.3, 0.4) is 0 Å². The molecule has 0 aromatic heterocycles. The molecule has 0 heterocycles. The van der Waals surface area contributed by atoms with Gasteiger partial charge in [0.2, 0.25) is 0 Å². The first-order valence-corrected chi connectivity index (χ1v) is 17.4. The molecular weight excluding hydrogens is 883 g/mol. The van der Waals surface area contributed by atoms with E-state index in [9.17, 15) is 0 Å². The van der Waals surface area contributed by atoms with Crippen LogP contribution in [0.1, 0.15) is 33.4 Å². The summed E-state index contributed by atoms with van der Waals surface area (Å²) >= 11 is 32.3. The minimum Gasteiger partial charge on any atom is -0.781 e. The summed E-state index contributed by atoms with van der Waals surface area (Å²) in [6.07, 6.45) is 0. The van der Waals surface area contributed by atoms with Crippen molar-refractivity contribution in [1.82, 2.24) is 0 Å². The molecule has 0 aliphatic carbocycles. The first-order chi connectivity index (χ1) is 23.4. The van der Waals surface area contributed by atoms with Crippen LogP contribution in [0.4, 0.5) is 0 Å². The van der Waals surface area contributed by atoms with Crippen molar-refractivity contribution in [3.05, 3.63) is 215 Å². The van der Waals surface area contributed by atoms with E-state index in [0.717, 1.165) is 62.8 Å². The second-order valence-electron chi connectivity index (χ2n) is 10.2. The Hall–Kier alpha value is -3.48. The van der Waals surface area contributed by atoms with E-state index in [-0.39, 0.29) is 20.4 Å². The van der Waals surface area contributed by atoms with Crippen molar-refractivity contribution in [3.63, 3.8) is 0 Å². The van der Waals surface area contributed by atoms with E-state index < -0.39 is 0 Å². The average Bonchev–Trinajstić information content (AvgIpc) is 3.18. The zero-order chi connectivity index (χ0) is 34.1. The summed E-state index contributed by atoms with van der Waals surface area (Å²) in [5.41, 5.74) is 6.04. The molecule has 49 heavy (non-hydrogen) atoms. The molecule has 6 rings (SSSR count). The Labute approximate surface area is 338 Å². The van der Waals surface area contributed by atoms with Crippen LogP contribution < -0.4 is 0 Å². The summed E-state index contributed by atoms with van der Waals surface area (Å²) in [6.45, 7) is 0. The molecule has 0 aliphatic heterocycles. The van der Waals surface area contributed by atoms with E-state index >= 15 is 0 Å². The molecule has 0 aliphatic rings. The van der Waals surface area contributed by atoms with Gasteiger partial charge in [-0.05, 0) is 33.4 Å². The van der Waals surface area contributed by atoms with Crippen LogP contribution in [-0.2, 0) is 96.2 Å². The van der Waals surface area contributed by atoms with Gasteiger partial charge in [-0.15, -0.1) is 0 Å². The summed E-state index contributed by atoms with van der Waals surface area (Å²) in [4.78, 5) is 4.43. The van der Waals surface area contributed by atoms with Crippen LogP contribution >= 0.6 is 0 Å². The molecule has 0 spiro atoms. The van der Waals surface area contributed by atoms with Gasteiger partial charge < -0.3 is 75.8 Å². The van der Waals surface area contributed by atoms with Crippen molar-refractivity contribution in [3.8, 4) is 0 Å². The van der Waals surface area contributed by atoms with Crippen LogP contribution in [0.25, 0.3) is 29.4 Å². The summed E-state index contributed by atoms with van der Waals surface area (Å²) < 4.78 is 0. The van der Waals surface area contributed by atoms with E-state index in [0.29, 0.717) is 0 Å². The molecule has 0 nitrogen and oxygen atoms in total. The molecule has 0 saturated heterocycles. The van der Waals surface area contributed by atoms with Crippen molar-refractivity contribution >= 4 is 105 Å². The van der Waals surface area contributed by atoms with Crippen LogP contribution in [0.2, 0.25) is 0 Å². The Morgan fingerprint density at radius 3 is 0.408 bits per heavy atom. The molecule has 0 amide bonds. The number of benzene rings is 6. The van der Waals surface area contributed by atoms with Crippen molar-refractivity contribution in [1.29, 1.82) is 0 Å². The maximum absolute atomic E-state index is 5.38. The fourth-order valence-corrected chi connectivity index (χ4v) is 5.85. The van der Waals surface area contributed by atoms with Gasteiger partial charge in [0.1, 0.15) is 0 Å². The summed E-state index contributed by atoms with van der Waals surface area (Å²) in [5.74, 6) is 0. The normalized spacial score (nSPS) is 11.8. The molecule has 1 radical (unpaired) electrons. The van der Waals surface area contributed by atoms with Crippen LogP contribution in [0.5, 0.6) is 0 Å². The van der Waals surface area contributed by atoms with Gasteiger partial charge in [0.25, 0.3) is 0 Å². The molecule has 7 heteroatoms. The molecule has 0 unspecified atom stereocenters. The van der Waals surface area contributed by atoms with E-state index in [1.54, 1.807) is 0 Å². The third-order valence-electron chi connectivity index (χ3n) is 6.83. The second kappa shape index (κ2) is 21.6. The molecule has 6 aromatic carbocycles. The Bertz CT molecular complexity index is 1560. The molecule has 0 fully saturated rings. The van der Waals surface area contributed by atoms with Crippen molar-refractivity contribution in [2.45, 2.75) is 0 Å². The SMILES string of the molecule is [Re].[S-]/C(=C(\[S-])c1ccccc1)c1ccccc1.[S-]/C(=C(\[S-])c1ccccc1)c1ccccc1.[S-]/C(=C(\[S-])c1ccccc1)c1ccccc1. The van der Waals surface area contributed by atoms with E-state index in [4.69, 9.17) is 75.8 Å². The second-order valence-corrected chi connectivity index (χ2v) is 12.6. The third-order valence-corrected chi connectivity index (χ3v) is 9.86. The van der Waals surface area contributed by atoms with Crippen molar-refractivity contribution in [2.75, 3.05) is 0 Å². The van der Waals surface area contributed by atoms with Crippen LogP contribution in [0, 0.1) is 0 Å². The Morgan fingerprint density at radius 2 is 0.306 bits per heavy atom. The first-order valence-electron chi connectivity index (χ1n) is 14.9.